The lowest BCUT2D eigenvalue weighted by Crippen LogP contribution is -2.30. The number of aromatic nitrogens is 1. The molecular weight excluding hydrogens is 450 g/mol. The lowest BCUT2D eigenvalue weighted by Gasteiger charge is -2.30. The van der Waals surface area contributed by atoms with Gasteiger partial charge in [0.15, 0.2) is 0 Å². The maximum absolute atomic E-state index is 10.6. The van der Waals surface area contributed by atoms with Gasteiger partial charge in [0.05, 0.1) is 24.4 Å². The summed E-state index contributed by atoms with van der Waals surface area (Å²) in [6, 6.07) is 12.4. The minimum Gasteiger partial charge on any atom is -0.511 e. The van der Waals surface area contributed by atoms with Gasteiger partial charge in [-0.25, -0.2) is 4.98 Å². The van der Waals surface area contributed by atoms with E-state index in [0.29, 0.717) is 0 Å². The van der Waals surface area contributed by atoms with Crippen molar-refractivity contribution in [1.82, 2.24) is 9.88 Å². The number of aryl methyl sites for hydroxylation is 2. The molecule has 36 heavy (non-hydrogen) atoms. The SMILES string of the molecule is C=C(O)[C@H](c1ccccc1[C@@H](C)OC(C)C)N1CC[C@@H](OCCCCc2ccc3c(n2)NCCC3)C1. The summed E-state index contributed by atoms with van der Waals surface area (Å²) in [6.07, 6.45) is 6.60. The Morgan fingerprint density at radius 3 is 2.75 bits per heavy atom. The van der Waals surface area contributed by atoms with Crippen LogP contribution in [0.4, 0.5) is 5.82 Å². The van der Waals surface area contributed by atoms with Crippen LogP contribution in [0.15, 0.2) is 48.7 Å². The first-order valence-corrected chi connectivity index (χ1v) is 13.6. The predicted octanol–water partition coefficient (Wildman–Crippen LogP) is 6.15. The van der Waals surface area contributed by atoms with E-state index in [1.165, 1.54) is 12.0 Å². The molecule has 1 saturated heterocycles. The number of aliphatic hydroxyl groups excluding tert-OH is 1. The average molecular weight is 494 g/mol. The number of hydrogen-bond acceptors (Lipinski definition) is 6. The fourth-order valence-corrected chi connectivity index (χ4v) is 5.49. The zero-order chi connectivity index (χ0) is 25.5. The number of nitrogens with zero attached hydrogens (tertiary/aromatic N) is 2. The van der Waals surface area contributed by atoms with Crippen molar-refractivity contribution in [1.29, 1.82) is 0 Å². The van der Waals surface area contributed by atoms with Gasteiger partial charge in [-0.15, -0.1) is 0 Å². The largest absolute Gasteiger partial charge is 0.511 e. The highest BCUT2D eigenvalue weighted by Gasteiger charge is 2.33. The molecule has 2 aliphatic heterocycles. The predicted molar refractivity (Wildman–Crippen MR) is 146 cm³/mol. The number of aliphatic hydroxyl groups is 1. The lowest BCUT2D eigenvalue weighted by molar-refractivity contribution is 0.0164. The van der Waals surface area contributed by atoms with Crippen LogP contribution in [0, 0.1) is 0 Å². The van der Waals surface area contributed by atoms with E-state index in [4.69, 9.17) is 14.5 Å². The summed E-state index contributed by atoms with van der Waals surface area (Å²) < 4.78 is 12.3. The summed E-state index contributed by atoms with van der Waals surface area (Å²) in [7, 11) is 0. The van der Waals surface area contributed by atoms with Gasteiger partial charge in [-0.3, -0.25) is 4.90 Å². The summed E-state index contributed by atoms with van der Waals surface area (Å²) in [4.78, 5) is 7.09. The fraction of sp³-hybridized carbons (Fsp3) is 0.567. The molecule has 0 saturated carbocycles. The van der Waals surface area contributed by atoms with Crippen LogP contribution >= 0.6 is 0 Å². The van der Waals surface area contributed by atoms with E-state index in [1.807, 2.05) is 26.0 Å². The van der Waals surface area contributed by atoms with Gasteiger partial charge in [0, 0.05) is 31.9 Å². The summed E-state index contributed by atoms with van der Waals surface area (Å²) in [5.74, 6) is 1.25. The molecule has 3 heterocycles. The second-order valence-corrected chi connectivity index (χ2v) is 10.4. The normalized spacial score (nSPS) is 19.6. The Hall–Kier alpha value is -2.41. The van der Waals surface area contributed by atoms with Crippen molar-refractivity contribution in [3.63, 3.8) is 0 Å². The molecule has 0 radical (unpaired) electrons. The Kier molecular flexibility index (Phi) is 9.41. The number of nitrogens with one attached hydrogen (secondary N) is 1. The van der Waals surface area contributed by atoms with Crippen LogP contribution in [-0.2, 0) is 22.3 Å². The van der Waals surface area contributed by atoms with E-state index in [-0.39, 0.29) is 30.1 Å². The third-order valence-corrected chi connectivity index (χ3v) is 7.19. The number of ether oxygens (including phenoxy) is 2. The quantitative estimate of drug-likeness (QED) is 0.273. The molecule has 2 aromatic rings. The van der Waals surface area contributed by atoms with Gasteiger partial charge in [-0.1, -0.05) is 36.9 Å². The van der Waals surface area contributed by atoms with Gasteiger partial charge in [0.25, 0.3) is 0 Å². The monoisotopic (exact) mass is 493 g/mol. The average Bonchev–Trinajstić information content (AvgIpc) is 3.31. The van der Waals surface area contributed by atoms with E-state index in [9.17, 15) is 5.11 Å². The molecule has 0 bridgehead atoms. The second-order valence-electron chi connectivity index (χ2n) is 10.4. The second kappa shape index (κ2) is 12.7. The Morgan fingerprint density at radius 2 is 1.97 bits per heavy atom. The molecule has 0 unspecified atom stereocenters. The van der Waals surface area contributed by atoms with E-state index in [1.54, 1.807) is 0 Å². The van der Waals surface area contributed by atoms with E-state index in [0.717, 1.165) is 81.0 Å². The summed E-state index contributed by atoms with van der Waals surface area (Å²) in [5, 5.41) is 14.0. The van der Waals surface area contributed by atoms with Crippen LogP contribution in [0.2, 0.25) is 0 Å². The van der Waals surface area contributed by atoms with Crippen molar-refractivity contribution in [2.24, 2.45) is 0 Å². The van der Waals surface area contributed by atoms with Gasteiger partial charge >= 0.3 is 0 Å². The molecule has 196 valence electrons. The minimum atomic E-state index is -0.253. The summed E-state index contributed by atoms with van der Waals surface area (Å²) in [5.41, 5.74) is 4.66. The molecule has 4 rings (SSSR count). The van der Waals surface area contributed by atoms with Crippen molar-refractivity contribution in [2.75, 3.05) is 31.6 Å². The van der Waals surface area contributed by atoms with Crippen molar-refractivity contribution in [2.45, 2.75) is 83.6 Å². The number of benzene rings is 1. The first kappa shape index (κ1) is 26.6. The van der Waals surface area contributed by atoms with Gasteiger partial charge < -0.3 is 19.9 Å². The number of unbranched alkanes of at least 4 members (excludes halogenated alkanes) is 1. The number of pyridine rings is 1. The molecule has 2 aliphatic rings. The third-order valence-electron chi connectivity index (χ3n) is 7.19. The molecule has 6 nitrogen and oxygen atoms in total. The molecule has 0 amide bonds. The van der Waals surface area contributed by atoms with Crippen LogP contribution in [0.5, 0.6) is 0 Å². The first-order chi connectivity index (χ1) is 17.4. The maximum atomic E-state index is 10.6. The molecular formula is C30H43N3O3. The highest BCUT2D eigenvalue weighted by molar-refractivity contribution is 5.47. The topological polar surface area (TPSA) is 66.9 Å². The van der Waals surface area contributed by atoms with Gasteiger partial charge in [-0.05, 0) is 82.1 Å². The fourth-order valence-electron chi connectivity index (χ4n) is 5.49. The van der Waals surface area contributed by atoms with Crippen molar-refractivity contribution in [3.8, 4) is 0 Å². The molecule has 1 aromatic heterocycles. The standard InChI is InChI=1S/C30H43N3O3/c1-21(2)36-23(4)27-12-5-6-13-28(27)29(22(3)34)33-18-16-26(20-33)35-19-8-7-11-25-15-14-24-10-9-17-31-30(24)32-25/h5-6,12-15,21,23,26,29,34H,3,7-11,16-20H2,1-2,4H3,(H,31,32)/t23-,26-,29-/m1/s1. The number of fused-ring (bicyclic) bond motifs is 1. The van der Waals surface area contributed by atoms with Gasteiger partial charge in [-0.2, -0.15) is 0 Å². The third kappa shape index (κ3) is 6.87. The van der Waals surface area contributed by atoms with Crippen LogP contribution < -0.4 is 5.32 Å². The smallest absolute Gasteiger partial charge is 0.129 e. The maximum Gasteiger partial charge on any atom is 0.129 e. The zero-order valence-electron chi connectivity index (χ0n) is 22.2. The molecule has 1 aromatic carbocycles. The number of rotatable bonds is 12. The molecule has 1 fully saturated rings. The highest BCUT2D eigenvalue weighted by Crippen LogP contribution is 2.35. The van der Waals surface area contributed by atoms with Crippen molar-refractivity contribution >= 4 is 5.82 Å². The van der Waals surface area contributed by atoms with Crippen LogP contribution in [0.3, 0.4) is 0 Å². The number of likely N-dealkylation sites (tertiary alicyclic amines) is 1. The van der Waals surface area contributed by atoms with Crippen molar-refractivity contribution < 1.29 is 14.6 Å². The Balaban J connectivity index is 1.26. The summed E-state index contributed by atoms with van der Waals surface area (Å²) >= 11 is 0. The minimum absolute atomic E-state index is 0.0573. The number of anilines is 1. The Morgan fingerprint density at radius 1 is 1.17 bits per heavy atom. The van der Waals surface area contributed by atoms with Crippen molar-refractivity contribution in [3.05, 3.63) is 71.1 Å². The van der Waals surface area contributed by atoms with E-state index in [2.05, 4.69) is 48.0 Å². The van der Waals surface area contributed by atoms with Crippen LogP contribution in [0.25, 0.3) is 0 Å². The molecule has 6 heteroatoms. The van der Waals surface area contributed by atoms with Gasteiger partial charge in [0.1, 0.15) is 11.6 Å². The molecule has 3 atom stereocenters. The highest BCUT2D eigenvalue weighted by atomic mass is 16.5. The Labute approximate surface area is 216 Å². The molecule has 0 spiro atoms. The lowest BCUT2D eigenvalue weighted by atomic mass is 9.95. The van der Waals surface area contributed by atoms with Crippen LogP contribution in [-0.4, -0.2) is 53.4 Å². The summed E-state index contributed by atoms with van der Waals surface area (Å²) in [6.45, 7) is 13.5. The van der Waals surface area contributed by atoms with Gasteiger partial charge in [0.2, 0.25) is 0 Å². The van der Waals surface area contributed by atoms with E-state index < -0.39 is 0 Å². The van der Waals surface area contributed by atoms with Crippen LogP contribution in [0.1, 0.15) is 81.0 Å². The molecule has 0 aliphatic carbocycles. The first-order valence-electron chi connectivity index (χ1n) is 13.6. The number of hydrogen-bond donors (Lipinski definition) is 2. The molecule has 2 N–H and O–H groups in total. The zero-order valence-corrected chi connectivity index (χ0v) is 22.2. The van der Waals surface area contributed by atoms with E-state index >= 15 is 0 Å². The Bertz CT molecular complexity index is 1010.